The van der Waals surface area contributed by atoms with Gasteiger partial charge in [0.1, 0.15) is 0 Å². The van der Waals surface area contributed by atoms with Crippen molar-refractivity contribution < 1.29 is 9.53 Å². The number of hydrogen-bond donors (Lipinski definition) is 0. The van der Waals surface area contributed by atoms with Crippen LogP contribution in [-0.2, 0) is 26.6 Å². The van der Waals surface area contributed by atoms with Gasteiger partial charge in [0.05, 0.1) is 13.5 Å². The summed E-state index contributed by atoms with van der Waals surface area (Å²) in [5, 5.41) is 6.51. The highest BCUT2D eigenvalue weighted by atomic mass is 79.9. The molecular weight excluding hydrogens is 420 g/mol. The number of fused-ring (bicyclic) bond motifs is 2. The number of halogens is 2. The molecule has 0 radical (unpaired) electrons. The molecule has 3 aromatic carbocycles. The van der Waals surface area contributed by atoms with E-state index >= 15 is 0 Å². The van der Waals surface area contributed by atoms with Crippen LogP contribution in [0.25, 0.3) is 21.5 Å². The molecule has 0 fully saturated rings. The van der Waals surface area contributed by atoms with Crippen molar-refractivity contribution >= 4 is 59.4 Å². The molecule has 0 aliphatic carbocycles. The summed E-state index contributed by atoms with van der Waals surface area (Å²) < 4.78 is 4.78. The van der Waals surface area contributed by atoms with Gasteiger partial charge in [0.2, 0.25) is 0 Å². The number of ether oxygens (including phenoxy) is 1. The predicted octanol–water partition coefficient (Wildman–Crippen LogP) is 5.50. The summed E-state index contributed by atoms with van der Waals surface area (Å²) in [5.41, 5.74) is 3.51. The zero-order valence-electron chi connectivity index (χ0n) is 12.7. The maximum absolute atomic E-state index is 11.6. The van der Waals surface area contributed by atoms with Crippen LogP contribution >= 0.6 is 31.9 Å². The number of hydrogen-bond acceptors (Lipinski definition) is 2. The van der Waals surface area contributed by atoms with Crippen molar-refractivity contribution in [2.24, 2.45) is 0 Å². The topological polar surface area (TPSA) is 26.3 Å². The smallest absolute Gasteiger partial charge is 0.309 e. The molecule has 23 heavy (non-hydrogen) atoms. The molecule has 4 heteroatoms. The number of esters is 1. The Morgan fingerprint density at radius 3 is 2.04 bits per heavy atom. The summed E-state index contributed by atoms with van der Waals surface area (Å²) in [5.74, 6) is -0.216. The molecule has 0 spiro atoms. The monoisotopic (exact) mass is 434 g/mol. The van der Waals surface area contributed by atoms with Crippen LogP contribution in [0.5, 0.6) is 0 Å². The van der Waals surface area contributed by atoms with Crippen LogP contribution in [0.4, 0.5) is 0 Å². The van der Waals surface area contributed by atoms with Crippen LogP contribution in [0.1, 0.15) is 16.7 Å². The molecular formula is C19H16Br2O2. The Balaban J connectivity index is 2.33. The van der Waals surface area contributed by atoms with Gasteiger partial charge in [0, 0.05) is 10.7 Å². The van der Waals surface area contributed by atoms with E-state index in [0.717, 1.165) is 16.2 Å². The molecule has 3 rings (SSSR count). The second-order valence-corrected chi connectivity index (χ2v) is 6.52. The Morgan fingerprint density at radius 2 is 1.48 bits per heavy atom. The first kappa shape index (κ1) is 16.5. The molecule has 2 nitrogen and oxygen atoms in total. The molecule has 0 bridgehead atoms. The fourth-order valence-corrected chi connectivity index (χ4v) is 4.25. The third-order valence-electron chi connectivity index (χ3n) is 4.15. The van der Waals surface area contributed by atoms with E-state index in [1.807, 2.05) is 6.07 Å². The summed E-state index contributed by atoms with van der Waals surface area (Å²) in [6.07, 6.45) is 0.296. The zero-order valence-corrected chi connectivity index (χ0v) is 15.9. The Labute approximate surface area is 152 Å². The molecule has 3 aromatic rings. The molecule has 0 N–H and O–H groups in total. The van der Waals surface area contributed by atoms with Crippen LogP contribution in [0, 0.1) is 0 Å². The maximum Gasteiger partial charge on any atom is 0.309 e. The number of carbonyl (C=O) groups is 1. The van der Waals surface area contributed by atoms with E-state index in [1.165, 1.54) is 39.8 Å². The lowest BCUT2D eigenvalue weighted by molar-refractivity contribution is -0.139. The van der Waals surface area contributed by atoms with Crippen molar-refractivity contribution in [1.29, 1.82) is 0 Å². The first-order chi connectivity index (χ1) is 11.2. The average Bonchev–Trinajstić information content (AvgIpc) is 2.59. The largest absolute Gasteiger partial charge is 0.469 e. The van der Waals surface area contributed by atoms with Gasteiger partial charge in [-0.05, 0) is 38.2 Å². The fourth-order valence-electron chi connectivity index (χ4n) is 3.04. The van der Waals surface area contributed by atoms with E-state index in [1.54, 1.807) is 0 Å². The first-order valence-corrected chi connectivity index (χ1v) is 9.57. The van der Waals surface area contributed by atoms with Gasteiger partial charge in [0.15, 0.2) is 0 Å². The van der Waals surface area contributed by atoms with Gasteiger partial charge in [-0.2, -0.15) is 0 Å². The van der Waals surface area contributed by atoms with E-state index in [9.17, 15) is 4.79 Å². The minimum atomic E-state index is -0.216. The number of carbonyl (C=O) groups excluding carboxylic acids is 1. The van der Waals surface area contributed by atoms with Crippen molar-refractivity contribution in [3.8, 4) is 0 Å². The summed E-state index contributed by atoms with van der Waals surface area (Å²) in [4.78, 5) is 11.6. The molecule has 0 atom stereocenters. The van der Waals surface area contributed by atoms with Gasteiger partial charge in [-0.1, -0.05) is 74.3 Å². The first-order valence-electron chi connectivity index (χ1n) is 7.33. The summed E-state index contributed by atoms with van der Waals surface area (Å²) in [7, 11) is 1.42. The standard InChI is InChI=1S/C19H16Br2O2/c1-23-19(22)9-12-6-7-15-16(8-12)18(11-21)14-5-3-2-4-13(14)17(15)10-20/h2-8H,9-11H2,1H3. The molecule has 0 heterocycles. The Morgan fingerprint density at radius 1 is 0.913 bits per heavy atom. The Hall–Kier alpha value is -1.39. The summed E-state index contributed by atoms with van der Waals surface area (Å²) in [6.45, 7) is 0. The van der Waals surface area contributed by atoms with Gasteiger partial charge in [-0.15, -0.1) is 0 Å². The van der Waals surface area contributed by atoms with Crippen LogP contribution in [0.3, 0.4) is 0 Å². The second kappa shape index (κ2) is 7.02. The summed E-state index contributed by atoms with van der Waals surface area (Å²) in [6, 6.07) is 14.7. The highest BCUT2D eigenvalue weighted by Crippen LogP contribution is 2.35. The van der Waals surface area contributed by atoms with Crippen LogP contribution in [0.15, 0.2) is 42.5 Å². The third kappa shape index (κ3) is 3.02. The summed E-state index contributed by atoms with van der Waals surface area (Å²) >= 11 is 7.26. The van der Waals surface area contributed by atoms with Crippen molar-refractivity contribution in [2.75, 3.05) is 7.11 Å². The predicted molar refractivity (Wildman–Crippen MR) is 102 cm³/mol. The number of alkyl halides is 2. The zero-order chi connectivity index (χ0) is 16.4. The molecule has 0 unspecified atom stereocenters. The van der Waals surface area contributed by atoms with Crippen molar-refractivity contribution in [1.82, 2.24) is 0 Å². The number of rotatable bonds is 4. The lowest BCUT2D eigenvalue weighted by atomic mass is 9.92. The van der Waals surface area contributed by atoms with E-state index in [-0.39, 0.29) is 5.97 Å². The maximum atomic E-state index is 11.6. The minimum absolute atomic E-state index is 0.216. The molecule has 0 saturated carbocycles. The molecule has 118 valence electrons. The van der Waals surface area contributed by atoms with Gasteiger partial charge in [-0.3, -0.25) is 4.79 Å². The van der Waals surface area contributed by atoms with Gasteiger partial charge in [0.25, 0.3) is 0 Å². The highest BCUT2D eigenvalue weighted by molar-refractivity contribution is 9.08. The van der Waals surface area contributed by atoms with Crippen LogP contribution < -0.4 is 0 Å². The van der Waals surface area contributed by atoms with Crippen LogP contribution in [0.2, 0.25) is 0 Å². The van der Waals surface area contributed by atoms with E-state index in [4.69, 9.17) is 4.74 Å². The van der Waals surface area contributed by atoms with E-state index in [0.29, 0.717) is 6.42 Å². The molecule has 0 aliphatic heterocycles. The average molecular weight is 436 g/mol. The van der Waals surface area contributed by atoms with Crippen molar-refractivity contribution in [3.63, 3.8) is 0 Å². The lowest BCUT2D eigenvalue weighted by Gasteiger charge is -2.15. The van der Waals surface area contributed by atoms with E-state index < -0.39 is 0 Å². The van der Waals surface area contributed by atoms with Gasteiger partial charge < -0.3 is 4.74 Å². The number of methoxy groups -OCH3 is 1. The SMILES string of the molecule is COC(=O)Cc1ccc2c(CBr)c3ccccc3c(CBr)c2c1. The molecule has 0 aromatic heterocycles. The van der Waals surface area contributed by atoms with Crippen molar-refractivity contribution in [2.45, 2.75) is 17.1 Å². The highest BCUT2D eigenvalue weighted by Gasteiger charge is 2.13. The lowest BCUT2D eigenvalue weighted by Crippen LogP contribution is -2.04. The van der Waals surface area contributed by atoms with Gasteiger partial charge >= 0.3 is 5.97 Å². The minimum Gasteiger partial charge on any atom is -0.469 e. The Kier molecular flexibility index (Phi) is 5.02. The van der Waals surface area contributed by atoms with E-state index in [2.05, 4.69) is 68.3 Å². The quantitative estimate of drug-likeness (QED) is 0.307. The fraction of sp³-hybridized carbons (Fsp3) is 0.211. The second-order valence-electron chi connectivity index (χ2n) is 5.40. The van der Waals surface area contributed by atoms with Crippen molar-refractivity contribution in [3.05, 3.63) is 59.2 Å². The third-order valence-corrected chi connectivity index (χ3v) is 5.28. The van der Waals surface area contributed by atoms with Gasteiger partial charge in [-0.25, -0.2) is 0 Å². The molecule has 0 saturated heterocycles. The number of benzene rings is 3. The molecule has 0 aliphatic rings. The van der Waals surface area contributed by atoms with Crippen LogP contribution in [-0.4, -0.2) is 13.1 Å². The Bertz CT molecular complexity index is 887. The molecule has 0 amide bonds. The normalized spacial score (nSPS) is 11.1.